The number of hydrogen-bond donors (Lipinski definition) is 3. The van der Waals surface area contributed by atoms with Crippen molar-refractivity contribution in [1.29, 1.82) is 0 Å². The van der Waals surface area contributed by atoms with E-state index in [2.05, 4.69) is 10.6 Å². The molecule has 1 fully saturated rings. The van der Waals surface area contributed by atoms with Crippen LogP contribution in [0.25, 0.3) is 0 Å². The Kier molecular flexibility index (Phi) is 6.86. The number of carboxylic acid groups (broad SMARTS) is 1. The largest absolute Gasteiger partial charge is 0.496 e. The number of amides is 3. The number of rotatable bonds is 6. The highest BCUT2D eigenvalue weighted by Gasteiger charge is 2.50. The lowest BCUT2D eigenvalue weighted by Crippen LogP contribution is -2.50. The fourth-order valence-electron chi connectivity index (χ4n) is 3.04. The molecule has 1 aliphatic heterocycles. The fourth-order valence-corrected chi connectivity index (χ4v) is 3.25. The van der Waals surface area contributed by atoms with Crippen molar-refractivity contribution in [3.8, 4) is 5.75 Å². The Balaban J connectivity index is 2.21. The molecule has 0 spiro atoms. The summed E-state index contributed by atoms with van der Waals surface area (Å²) in [7, 11) is 1.27. The van der Waals surface area contributed by atoms with Crippen LogP contribution in [0.5, 0.6) is 5.75 Å². The van der Waals surface area contributed by atoms with E-state index in [9.17, 15) is 28.0 Å². The van der Waals surface area contributed by atoms with Crippen LogP contribution in [0, 0.1) is 0 Å². The third-order valence-corrected chi connectivity index (χ3v) is 4.71. The summed E-state index contributed by atoms with van der Waals surface area (Å²) >= 11 is 6.06. The number of halogens is 3. The molecule has 1 saturated heterocycles. The predicted octanol–water partition coefficient (Wildman–Crippen LogP) is 1.75. The molecule has 2 rings (SSSR count). The maximum Gasteiger partial charge on any atom is 0.326 e. The molecule has 30 heavy (non-hydrogen) atoms. The topological polar surface area (TPSA) is 125 Å². The number of benzene rings is 1. The third-order valence-electron chi connectivity index (χ3n) is 4.40. The van der Waals surface area contributed by atoms with E-state index in [-0.39, 0.29) is 22.0 Å². The SMILES string of the molecule is COc1cc(NC(C)=O)c(Cl)cc1C(=O)NC(C)C(=O)N1CC(F)(F)CC1C(=O)O. The molecule has 0 radical (unpaired) electrons. The Labute approximate surface area is 175 Å². The van der Waals surface area contributed by atoms with Crippen molar-refractivity contribution < 1.29 is 37.8 Å². The van der Waals surface area contributed by atoms with Gasteiger partial charge in [0.2, 0.25) is 11.8 Å². The summed E-state index contributed by atoms with van der Waals surface area (Å²) < 4.78 is 32.4. The lowest BCUT2D eigenvalue weighted by atomic mass is 10.1. The van der Waals surface area contributed by atoms with E-state index in [1.54, 1.807) is 0 Å². The van der Waals surface area contributed by atoms with Gasteiger partial charge in [0.05, 0.1) is 29.9 Å². The Hall–Kier alpha value is -2.95. The smallest absolute Gasteiger partial charge is 0.326 e. The molecule has 1 aromatic carbocycles. The molecule has 2 atom stereocenters. The summed E-state index contributed by atoms with van der Waals surface area (Å²) in [5.74, 6) is -7.02. The normalized spacial score (nSPS) is 18.5. The van der Waals surface area contributed by atoms with Crippen LogP contribution in [0.3, 0.4) is 0 Å². The second-order valence-electron chi connectivity index (χ2n) is 6.79. The summed E-state index contributed by atoms with van der Waals surface area (Å²) in [6.45, 7) is 1.46. The van der Waals surface area contributed by atoms with Gasteiger partial charge in [-0.2, -0.15) is 0 Å². The number of carbonyl (C=O) groups excluding carboxylic acids is 3. The number of anilines is 1. The second-order valence-corrected chi connectivity index (χ2v) is 7.20. The number of hydrogen-bond acceptors (Lipinski definition) is 5. The van der Waals surface area contributed by atoms with E-state index in [1.165, 1.54) is 33.1 Å². The van der Waals surface area contributed by atoms with Crippen LogP contribution in [0.1, 0.15) is 30.6 Å². The zero-order chi connectivity index (χ0) is 22.8. The summed E-state index contributed by atoms with van der Waals surface area (Å²) in [4.78, 5) is 48.1. The van der Waals surface area contributed by atoms with Gasteiger partial charge in [-0.05, 0) is 13.0 Å². The van der Waals surface area contributed by atoms with Crippen molar-refractivity contribution in [3.05, 3.63) is 22.7 Å². The molecule has 3 amide bonds. The minimum atomic E-state index is -3.33. The van der Waals surface area contributed by atoms with Crippen molar-refractivity contribution in [1.82, 2.24) is 10.2 Å². The maximum absolute atomic E-state index is 13.6. The van der Waals surface area contributed by atoms with E-state index < -0.39 is 54.7 Å². The van der Waals surface area contributed by atoms with Crippen molar-refractivity contribution in [2.45, 2.75) is 38.3 Å². The minimum Gasteiger partial charge on any atom is -0.496 e. The number of likely N-dealkylation sites (tertiary alicyclic amines) is 1. The molecule has 1 aliphatic rings. The van der Waals surface area contributed by atoms with Crippen molar-refractivity contribution >= 4 is 41.0 Å². The van der Waals surface area contributed by atoms with Crippen LogP contribution in [0.2, 0.25) is 5.02 Å². The molecule has 1 aromatic rings. The predicted molar refractivity (Wildman–Crippen MR) is 102 cm³/mol. The summed E-state index contributed by atoms with van der Waals surface area (Å²) in [5.41, 5.74) is 0.128. The first-order valence-corrected chi connectivity index (χ1v) is 9.11. The van der Waals surface area contributed by atoms with Gasteiger partial charge in [0.1, 0.15) is 17.8 Å². The Morgan fingerprint density at radius 1 is 1.33 bits per heavy atom. The summed E-state index contributed by atoms with van der Waals surface area (Å²) in [5, 5.41) is 13.9. The molecular weight excluding hydrogens is 428 g/mol. The van der Waals surface area contributed by atoms with Crippen molar-refractivity contribution in [2.24, 2.45) is 0 Å². The van der Waals surface area contributed by atoms with Crippen LogP contribution < -0.4 is 15.4 Å². The highest BCUT2D eigenvalue weighted by molar-refractivity contribution is 6.34. The average molecular weight is 448 g/mol. The molecule has 1 heterocycles. The number of nitrogens with one attached hydrogen (secondary N) is 2. The van der Waals surface area contributed by atoms with Crippen LogP contribution >= 0.6 is 11.6 Å². The van der Waals surface area contributed by atoms with Gasteiger partial charge < -0.3 is 25.4 Å². The van der Waals surface area contributed by atoms with Crippen LogP contribution in [0.15, 0.2) is 12.1 Å². The monoisotopic (exact) mass is 447 g/mol. The number of carbonyl (C=O) groups is 4. The average Bonchev–Trinajstić information content (AvgIpc) is 2.97. The zero-order valence-corrected chi connectivity index (χ0v) is 17.0. The van der Waals surface area contributed by atoms with Gasteiger partial charge in [-0.1, -0.05) is 11.6 Å². The van der Waals surface area contributed by atoms with E-state index >= 15 is 0 Å². The molecule has 12 heteroatoms. The summed E-state index contributed by atoms with van der Waals surface area (Å²) in [6.07, 6.45) is -0.997. The van der Waals surface area contributed by atoms with Gasteiger partial charge in [0, 0.05) is 19.4 Å². The second kappa shape index (κ2) is 8.82. The van der Waals surface area contributed by atoms with Crippen LogP contribution in [0.4, 0.5) is 14.5 Å². The molecular formula is C18H20ClF2N3O6. The Bertz CT molecular complexity index is 895. The van der Waals surface area contributed by atoms with Gasteiger partial charge in [-0.3, -0.25) is 14.4 Å². The number of aliphatic carboxylic acids is 1. The lowest BCUT2D eigenvalue weighted by Gasteiger charge is -2.25. The van der Waals surface area contributed by atoms with Gasteiger partial charge in [-0.25, -0.2) is 13.6 Å². The number of alkyl halides is 2. The van der Waals surface area contributed by atoms with Crippen molar-refractivity contribution in [3.63, 3.8) is 0 Å². The van der Waals surface area contributed by atoms with E-state index in [4.69, 9.17) is 21.4 Å². The van der Waals surface area contributed by atoms with Crippen LogP contribution in [-0.4, -0.2) is 65.4 Å². The van der Waals surface area contributed by atoms with Crippen molar-refractivity contribution in [2.75, 3.05) is 19.0 Å². The first-order chi connectivity index (χ1) is 13.9. The van der Waals surface area contributed by atoms with Crippen LogP contribution in [-0.2, 0) is 14.4 Å². The van der Waals surface area contributed by atoms with E-state index in [1.807, 2.05) is 0 Å². The third kappa shape index (κ3) is 5.15. The summed E-state index contributed by atoms with van der Waals surface area (Å²) in [6, 6.07) is -0.464. The molecule has 2 unspecified atom stereocenters. The number of methoxy groups -OCH3 is 1. The fraction of sp³-hybridized carbons (Fsp3) is 0.444. The number of carboxylic acids is 1. The molecule has 0 bridgehead atoms. The first-order valence-electron chi connectivity index (χ1n) is 8.73. The molecule has 0 aromatic heterocycles. The standard InChI is InChI=1S/C18H20ClF2N3O6/c1-8(16(27)24-7-18(20,21)6-13(24)17(28)29)22-15(26)10-4-11(19)12(23-9(2)25)5-14(10)30-3/h4-5,8,13H,6-7H2,1-3H3,(H,22,26)(H,23,25)(H,28,29). The van der Waals surface area contributed by atoms with E-state index in [0.717, 1.165) is 0 Å². The van der Waals surface area contributed by atoms with Gasteiger partial charge in [0.25, 0.3) is 11.8 Å². The van der Waals surface area contributed by atoms with Gasteiger partial charge in [-0.15, -0.1) is 0 Å². The molecule has 3 N–H and O–H groups in total. The maximum atomic E-state index is 13.6. The number of ether oxygens (including phenoxy) is 1. The number of nitrogens with zero attached hydrogens (tertiary/aromatic N) is 1. The quantitative estimate of drug-likeness (QED) is 0.610. The van der Waals surface area contributed by atoms with E-state index in [0.29, 0.717) is 4.90 Å². The molecule has 0 aliphatic carbocycles. The molecule has 0 saturated carbocycles. The first kappa shape index (κ1) is 23.3. The van der Waals surface area contributed by atoms with Gasteiger partial charge >= 0.3 is 5.97 Å². The highest BCUT2D eigenvalue weighted by Crippen LogP contribution is 2.33. The highest BCUT2D eigenvalue weighted by atomic mass is 35.5. The van der Waals surface area contributed by atoms with Gasteiger partial charge in [0.15, 0.2) is 0 Å². The minimum absolute atomic E-state index is 0.0280. The Morgan fingerprint density at radius 3 is 2.50 bits per heavy atom. The molecule has 164 valence electrons. The lowest BCUT2D eigenvalue weighted by molar-refractivity contribution is -0.148. The Morgan fingerprint density at radius 2 is 1.97 bits per heavy atom. The molecule has 9 nitrogen and oxygen atoms in total. The zero-order valence-electron chi connectivity index (χ0n) is 16.3.